The minimum atomic E-state index is -3.87. The normalized spacial score (nSPS) is 15.0. The van der Waals surface area contributed by atoms with E-state index in [0.717, 1.165) is 41.8 Å². The van der Waals surface area contributed by atoms with Crippen LogP contribution in [0.2, 0.25) is 5.02 Å². The van der Waals surface area contributed by atoms with Gasteiger partial charge in [-0.15, -0.1) is 0 Å². The largest absolute Gasteiger partial charge is 0.352 e. The number of nitrogens with one attached hydrogen (secondary N) is 1. The number of halogens is 2. The van der Waals surface area contributed by atoms with Crippen molar-refractivity contribution >= 4 is 39.1 Å². The lowest BCUT2D eigenvalue weighted by Gasteiger charge is -2.32. The average molecular weight is 524 g/mol. The molecule has 2 aromatic carbocycles. The summed E-state index contributed by atoms with van der Waals surface area (Å²) in [6.45, 7) is 2.60. The molecular weight excluding hydrogens is 493 g/mol. The first kappa shape index (κ1) is 26.9. The molecule has 0 heterocycles. The van der Waals surface area contributed by atoms with E-state index in [9.17, 15) is 22.4 Å². The zero-order valence-electron chi connectivity index (χ0n) is 20.1. The molecule has 1 atom stereocenters. The van der Waals surface area contributed by atoms with Crippen molar-refractivity contribution < 1.29 is 22.4 Å². The molecule has 2 amide bonds. The molecule has 2 aromatic rings. The van der Waals surface area contributed by atoms with E-state index in [1.54, 1.807) is 32.0 Å². The quantitative estimate of drug-likeness (QED) is 0.537. The Labute approximate surface area is 211 Å². The summed E-state index contributed by atoms with van der Waals surface area (Å²) in [5, 5.41) is 3.32. The standard InChI is InChI=1S/C25H31ClFN3O4S/c1-17-12-13-21(14-22(17)26)30(35(3,33)34)16-24(31)29(15-19-8-4-7-11-23(19)27)18(2)25(32)28-20-9-5-6-10-20/h4,7-8,11-14,18,20H,5-6,9-10,15-16H2,1-3H3,(H,28,32). The third-order valence-electron chi connectivity index (χ3n) is 6.29. The summed E-state index contributed by atoms with van der Waals surface area (Å²) in [5.74, 6) is -1.51. The molecule has 0 spiro atoms. The Hall–Kier alpha value is -2.65. The zero-order valence-corrected chi connectivity index (χ0v) is 21.7. The Balaban J connectivity index is 1.90. The molecule has 0 aromatic heterocycles. The van der Waals surface area contributed by atoms with Gasteiger partial charge in [-0.1, -0.05) is 48.7 Å². The van der Waals surface area contributed by atoms with Gasteiger partial charge in [0.1, 0.15) is 18.4 Å². The number of benzene rings is 2. The predicted molar refractivity (Wildman–Crippen MR) is 135 cm³/mol. The van der Waals surface area contributed by atoms with Gasteiger partial charge in [0.2, 0.25) is 21.8 Å². The van der Waals surface area contributed by atoms with Crippen LogP contribution in [0.15, 0.2) is 42.5 Å². The zero-order chi connectivity index (χ0) is 25.8. The Kier molecular flexibility index (Phi) is 8.77. The van der Waals surface area contributed by atoms with E-state index in [4.69, 9.17) is 11.6 Å². The fourth-order valence-corrected chi connectivity index (χ4v) is 5.15. The predicted octanol–water partition coefficient (Wildman–Crippen LogP) is 4.03. The van der Waals surface area contributed by atoms with E-state index in [0.29, 0.717) is 5.02 Å². The lowest BCUT2D eigenvalue weighted by atomic mass is 10.1. The van der Waals surface area contributed by atoms with Crippen molar-refractivity contribution in [3.8, 4) is 0 Å². The van der Waals surface area contributed by atoms with Gasteiger partial charge in [0.25, 0.3) is 0 Å². The lowest BCUT2D eigenvalue weighted by Crippen LogP contribution is -2.52. The van der Waals surface area contributed by atoms with Crippen molar-refractivity contribution in [3.05, 3.63) is 64.4 Å². The van der Waals surface area contributed by atoms with Crippen molar-refractivity contribution in [2.24, 2.45) is 0 Å². The number of aryl methyl sites for hydroxylation is 1. The van der Waals surface area contributed by atoms with E-state index in [1.807, 2.05) is 0 Å². The number of anilines is 1. The van der Waals surface area contributed by atoms with Crippen LogP contribution >= 0.6 is 11.6 Å². The SMILES string of the molecule is Cc1ccc(N(CC(=O)N(Cc2ccccc2F)C(C)C(=O)NC2CCCC2)S(C)(=O)=O)cc1Cl. The number of hydrogen-bond donors (Lipinski definition) is 1. The fourth-order valence-electron chi connectivity index (χ4n) is 4.14. The molecule has 0 radical (unpaired) electrons. The second-order valence-corrected chi connectivity index (χ2v) is 11.3. The summed E-state index contributed by atoms with van der Waals surface area (Å²) in [6, 6.07) is 9.78. The summed E-state index contributed by atoms with van der Waals surface area (Å²) in [7, 11) is -3.87. The molecule has 10 heteroatoms. The van der Waals surface area contributed by atoms with Crippen LogP contribution in [0, 0.1) is 12.7 Å². The average Bonchev–Trinajstić information content (AvgIpc) is 3.30. The Morgan fingerprint density at radius 2 is 1.83 bits per heavy atom. The van der Waals surface area contributed by atoms with Gasteiger partial charge >= 0.3 is 0 Å². The molecule has 1 fully saturated rings. The summed E-state index contributed by atoms with van der Waals surface area (Å²) < 4.78 is 40.6. The fraction of sp³-hybridized carbons (Fsp3) is 0.440. The number of nitrogens with zero attached hydrogens (tertiary/aromatic N) is 2. The molecule has 1 aliphatic carbocycles. The van der Waals surface area contributed by atoms with E-state index >= 15 is 0 Å². The highest BCUT2D eigenvalue weighted by molar-refractivity contribution is 7.92. The number of sulfonamides is 1. The van der Waals surface area contributed by atoms with Crippen LogP contribution in [-0.4, -0.2) is 50.0 Å². The third-order valence-corrected chi connectivity index (χ3v) is 7.84. The van der Waals surface area contributed by atoms with Crippen molar-refractivity contribution in [3.63, 3.8) is 0 Å². The van der Waals surface area contributed by atoms with Gasteiger partial charge in [-0.05, 0) is 50.5 Å². The monoisotopic (exact) mass is 523 g/mol. The Morgan fingerprint density at radius 1 is 1.17 bits per heavy atom. The van der Waals surface area contributed by atoms with Gasteiger partial charge in [0.15, 0.2) is 0 Å². The molecule has 0 bridgehead atoms. The molecule has 0 aliphatic heterocycles. The molecule has 1 aliphatic rings. The van der Waals surface area contributed by atoms with Crippen LogP contribution in [0.4, 0.5) is 10.1 Å². The van der Waals surface area contributed by atoms with Crippen molar-refractivity contribution in [2.75, 3.05) is 17.1 Å². The Morgan fingerprint density at radius 3 is 2.43 bits per heavy atom. The highest BCUT2D eigenvalue weighted by Crippen LogP contribution is 2.25. The summed E-state index contributed by atoms with van der Waals surface area (Å²) in [6.07, 6.45) is 4.79. The number of hydrogen-bond acceptors (Lipinski definition) is 4. The van der Waals surface area contributed by atoms with E-state index in [-0.39, 0.29) is 29.7 Å². The van der Waals surface area contributed by atoms with E-state index in [2.05, 4.69) is 5.32 Å². The van der Waals surface area contributed by atoms with Crippen LogP contribution < -0.4 is 9.62 Å². The first-order valence-corrected chi connectivity index (χ1v) is 13.8. The number of carbonyl (C=O) groups is 2. The molecule has 1 saturated carbocycles. The number of rotatable bonds is 9. The lowest BCUT2D eigenvalue weighted by molar-refractivity contribution is -0.139. The molecule has 1 unspecified atom stereocenters. The van der Waals surface area contributed by atoms with Crippen LogP contribution in [0.3, 0.4) is 0 Å². The topological polar surface area (TPSA) is 86.8 Å². The summed E-state index contributed by atoms with van der Waals surface area (Å²) in [5.41, 5.74) is 1.21. The van der Waals surface area contributed by atoms with Crippen molar-refractivity contribution in [1.29, 1.82) is 0 Å². The minimum Gasteiger partial charge on any atom is -0.352 e. The molecule has 190 valence electrons. The van der Waals surface area contributed by atoms with Crippen molar-refractivity contribution in [2.45, 2.75) is 58.2 Å². The van der Waals surface area contributed by atoms with Gasteiger partial charge in [-0.2, -0.15) is 0 Å². The van der Waals surface area contributed by atoms with Crippen LogP contribution in [-0.2, 0) is 26.2 Å². The van der Waals surface area contributed by atoms with Gasteiger partial charge in [0.05, 0.1) is 11.9 Å². The van der Waals surface area contributed by atoms with Crippen LogP contribution in [0.25, 0.3) is 0 Å². The van der Waals surface area contributed by atoms with E-state index in [1.165, 1.54) is 29.2 Å². The smallest absolute Gasteiger partial charge is 0.244 e. The highest BCUT2D eigenvalue weighted by Gasteiger charge is 2.32. The second kappa shape index (κ2) is 11.4. The maximum absolute atomic E-state index is 14.4. The summed E-state index contributed by atoms with van der Waals surface area (Å²) in [4.78, 5) is 27.7. The molecule has 3 rings (SSSR count). The summed E-state index contributed by atoms with van der Waals surface area (Å²) >= 11 is 6.19. The van der Waals surface area contributed by atoms with Crippen molar-refractivity contribution in [1.82, 2.24) is 10.2 Å². The maximum atomic E-state index is 14.4. The molecule has 35 heavy (non-hydrogen) atoms. The molecule has 0 saturated heterocycles. The second-order valence-electron chi connectivity index (χ2n) is 8.98. The number of amides is 2. The third kappa shape index (κ3) is 6.95. The number of carbonyl (C=O) groups excluding carboxylic acids is 2. The molecule has 1 N–H and O–H groups in total. The first-order valence-electron chi connectivity index (χ1n) is 11.5. The van der Waals surface area contributed by atoms with Gasteiger partial charge in [0, 0.05) is 23.2 Å². The highest BCUT2D eigenvalue weighted by atomic mass is 35.5. The Bertz CT molecular complexity index is 1180. The molecule has 7 nitrogen and oxygen atoms in total. The molecular formula is C25H31ClFN3O4S. The van der Waals surface area contributed by atoms with Crippen LogP contribution in [0.1, 0.15) is 43.7 Å². The maximum Gasteiger partial charge on any atom is 0.244 e. The van der Waals surface area contributed by atoms with Gasteiger partial charge < -0.3 is 10.2 Å². The van der Waals surface area contributed by atoms with Gasteiger partial charge in [-0.25, -0.2) is 12.8 Å². The van der Waals surface area contributed by atoms with Crippen LogP contribution in [0.5, 0.6) is 0 Å². The van der Waals surface area contributed by atoms with E-state index < -0.39 is 34.3 Å². The minimum absolute atomic E-state index is 0.0394. The first-order chi connectivity index (χ1) is 16.5. The van der Waals surface area contributed by atoms with Gasteiger partial charge in [-0.3, -0.25) is 13.9 Å².